The average molecular weight is 482 g/mol. The molecule has 1 fully saturated rings. The standard InChI is InChI=1S/C25H28FN5O4/c26-17-2-1-15-9-16(24(34)30-19(15)10-17)5-7-25(13-27-8-6-21(25)32)14-28-11-18-3-4-20-23(29-18)31-22(33)12-35-20/h1-4,9-10,21,27-28,32H,5-8,11-14H2,(H,30,34)(H,29,31,33)/t21-,25+/m0/s1. The van der Waals surface area contributed by atoms with E-state index in [1.165, 1.54) is 12.1 Å². The van der Waals surface area contributed by atoms with Crippen LogP contribution in [0.25, 0.3) is 10.9 Å². The summed E-state index contributed by atoms with van der Waals surface area (Å²) < 4.78 is 18.9. The van der Waals surface area contributed by atoms with Crippen molar-refractivity contribution in [1.82, 2.24) is 20.6 Å². The second-order valence-corrected chi connectivity index (χ2v) is 9.29. The van der Waals surface area contributed by atoms with Crippen LogP contribution >= 0.6 is 0 Å². The molecule has 184 valence electrons. The molecule has 2 aliphatic rings. The number of anilines is 1. The SMILES string of the molecule is O=C1COc2ccc(CNC[C@@]3(CCc4cc5ccc(F)cc5[nH]c4=O)CNCC[C@@H]3O)nc2N1. The summed E-state index contributed by atoms with van der Waals surface area (Å²) in [6, 6.07) is 9.75. The number of pyridine rings is 2. The van der Waals surface area contributed by atoms with Gasteiger partial charge in [-0.15, -0.1) is 0 Å². The Morgan fingerprint density at radius 2 is 2.11 bits per heavy atom. The van der Waals surface area contributed by atoms with Crippen molar-refractivity contribution in [2.75, 3.05) is 31.6 Å². The first-order chi connectivity index (χ1) is 16.9. The van der Waals surface area contributed by atoms with Crippen molar-refractivity contribution in [3.05, 3.63) is 63.8 Å². The smallest absolute Gasteiger partial charge is 0.263 e. The minimum absolute atomic E-state index is 0.0172. The van der Waals surface area contributed by atoms with Gasteiger partial charge in [0.1, 0.15) is 5.82 Å². The van der Waals surface area contributed by atoms with Crippen LogP contribution < -0.4 is 26.2 Å². The molecule has 35 heavy (non-hydrogen) atoms. The van der Waals surface area contributed by atoms with Gasteiger partial charge in [0.05, 0.1) is 17.3 Å². The van der Waals surface area contributed by atoms with Crippen LogP contribution in [0.1, 0.15) is 24.1 Å². The number of H-pyrrole nitrogens is 1. The number of aryl methyl sites for hydroxylation is 1. The van der Waals surface area contributed by atoms with Crippen LogP contribution in [-0.4, -0.2) is 53.3 Å². The van der Waals surface area contributed by atoms with Crippen molar-refractivity contribution < 1.29 is 19.0 Å². The number of fused-ring (bicyclic) bond motifs is 2. The summed E-state index contributed by atoms with van der Waals surface area (Å²) in [5, 5.41) is 21.2. The number of nitrogens with one attached hydrogen (secondary N) is 4. The van der Waals surface area contributed by atoms with E-state index in [4.69, 9.17) is 4.74 Å². The highest BCUT2D eigenvalue weighted by molar-refractivity contribution is 5.94. The van der Waals surface area contributed by atoms with Gasteiger partial charge in [-0.05, 0) is 67.6 Å². The number of aliphatic hydroxyl groups is 1. The molecule has 0 saturated carbocycles. The molecule has 10 heteroatoms. The van der Waals surface area contributed by atoms with Crippen LogP contribution in [0.2, 0.25) is 0 Å². The molecule has 4 heterocycles. The maximum atomic E-state index is 13.5. The first kappa shape index (κ1) is 23.4. The number of carbonyl (C=O) groups excluding carboxylic acids is 1. The minimum atomic E-state index is -0.533. The fraction of sp³-hybridized carbons (Fsp3) is 0.400. The molecule has 5 N–H and O–H groups in total. The summed E-state index contributed by atoms with van der Waals surface area (Å²) in [5.41, 5.74) is 1.09. The first-order valence-corrected chi connectivity index (χ1v) is 11.8. The zero-order chi connectivity index (χ0) is 24.4. The van der Waals surface area contributed by atoms with E-state index in [0.29, 0.717) is 61.5 Å². The lowest BCUT2D eigenvalue weighted by molar-refractivity contribution is -0.118. The molecule has 5 rings (SSSR count). The molecule has 9 nitrogen and oxygen atoms in total. The lowest BCUT2D eigenvalue weighted by Crippen LogP contribution is -2.55. The largest absolute Gasteiger partial charge is 0.480 e. The second-order valence-electron chi connectivity index (χ2n) is 9.29. The Morgan fingerprint density at radius 1 is 1.23 bits per heavy atom. The lowest BCUT2D eigenvalue weighted by Gasteiger charge is -2.42. The molecule has 0 unspecified atom stereocenters. The van der Waals surface area contributed by atoms with Gasteiger partial charge >= 0.3 is 0 Å². The number of carbonyl (C=O) groups is 1. The Bertz CT molecular complexity index is 1310. The van der Waals surface area contributed by atoms with Gasteiger partial charge in [-0.25, -0.2) is 9.37 Å². The van der Waals surface area contributed by atoms with Gasteiger partial charge in [-0.3, -0.25) is 9.59 Å². The number of ether oxygens (including phenoxy) is 1. The van der Waals surface area contributed by atoms with Crippen molar-refractivity contribution in [3.8, 4) is 5.75 Å². The molecular formula is C25H28FN5O4. The fourth-order valence-electron chi connectivity index (χ4n) is 4.85. The summed E-state index contributed by atoms with van der Waals surface area (Å²) in [7, 11) is 0. The number of halogens is 1. The number of benzene rings is 1. The van der Waals surface area contributed by atoms with Gasteiger partial charge in [0, 0.05) is 30.6 Å². The third kappa shape index (κ3) is 5.04. The predicted molar refractivity (Wildman–Crippen MR) is 129 cm³/mol. The zero-order valence-electron chi connectivity index (χ0n) is 19.2. The van der Waals surface area contributed by atoms with E-state index in [1.807, 2.05) is 6.07 Å². The molecule has 2 aliphatic heterocycles. The molecule has 0 radical (unpaired) electrons. The highest BCUT2D eigenvalue weighted by atomic mass is 19.1. The van der Waals surface area contributed by atoms with E-state index in [9.17, 15) is 19.1 Å². The Labute approximate surface area is 201 Å². The highest BCUT2D eigenvalue weighted by Gasteiger charge is 2.39. The summed E-state index contributed by atoms with van der Waals surface area (Å²) in [4.78, 5) is 31.4. The third-order valence-electron chi connectivity index (χ3n) is 6.87. The Balaban J connectivity index is 1.28. The van der Waals surface area contributed by atoms with Crippen LogP contribution in [0.3, 0.4) is 0 Å². The van der Waals surface area contributed by atoms with Crippen LogP contribution in [0.15, 0.2) is 41.2 Å². The maximum absolute atomic E-state index is 13.5. The third-order valence-corrected chi connectivity index (χ3v) is 6.87. The van der Waals surface area contributed by atoms with Crippen LogP contribution in [0.5, 0.6) is 5.75 Å². The summed E-state index contributed by atoms with van der Waals surface area (Å²) in [6.45, 7) is 2.28. The Kier molecular flexibility index (Phi) is 6.50. The second kappa shape index (κ2) is 9.73. The van der Waals surface area contributed by atoms with Crippen molar-refractivity contribution in [3.63, 3.8) is 0 Å². The predicted octanol–water partition coefficient (Wildman–Crippen LogP) is 1.46. The number of piperidine rings is 1. The fourth-order valence-corrected chi connectivity index (χ4v) is 4.85. The zero-order valence-corrected chi connectivity index (χ0v) is 19.2. The van der Waals surface area contributed by atoms with Crippen molar-refractivity contribution in [2.24, 2.45) is 5.41 Å². The number of amides is 1. The quantitative estimate of drug-likeness (QED) is 0.346. The number of hydrogen-bond donors (Lipinski definition) is 5. The van der Waals surface area contributed by atoms with E-state index in [2.05, 4.69) is 25.9 Å². The molecular weight excluding hydrogens is 453 g/mol. The van der Waals surface area contributed by atoms with E-state index in [0.717, 1.165) is 17.6 Å². The number of nitrogens with zero attached hydrogens (tertiary/aromatic N) is 1. The van der Waals surface area contributed by atoms with E-state index in [1.54, 1.807) is 18.2 Å². The van der Waals surface area contributed by atoms with E-state index < -0.39 is 17.3 Å². The lowest BCUT2D eigenvalue weighted by atomic mass is 9.73. The summed E-state index contributed by atoms with van der Waals surface area (Å²) in [6.07, 6.45) is 1.15. The minimum Gasteiger partial charge on any atom is -0.480 e. The molecule has 2 atom stereocenters. The summed E-state index contributed by atoms with van der Waals surface area (Å²) in [5.74, 6) is 0.315. The molecule has 1 saturated heterocycles. The number of aromatic nitrogens is 2. The Morgan fingerprint density at radius 3 is 2.97 bits per heavy atom. The Hall–Kier alpha value is -3.34. The first-order valence-electron chi connectivity index (χ1n) is 11.8. The topological polar surface area (TPSA) is 128 Å². The van der Waals surface area contributed by atoms with Gasteiger partial charge in [-0.1, -0.05) is 0 Å². The number of hydrogen-bond acceptors (Lipinski definition) is 7. The number of aromatic amines is 1. The molecule has 0 spiro atoms. The van der Waals surface area contributed by atoms with E-state index in [-0.39, 0.29) is 18.1 Å². The molecule has 0 aliphatic carbocycles. The molecule has 2 aromatic heterocycles. The van der Waals surface area contributed by atoms with Crippen molar-refractivity contribution in [2.45, 2.75) is 31.9 Å². The summed E-state index contributed by atoms with van der Waals surface area (Å²) >= 11 is 0. The maximum Gasteiger partial charge on any atom is 0.263 e. The normalized spacial score (nSPS) is 21.9. The monoisotopic (exact) mass is 481 g/mol. The number of rotatable bonds is 7. The van der Waals surface area contributed by atoms with Gasteiger partial charge in [0.25, 0.3) is 11.5 Å². The van der Waals surface area contributed by atoms with E-state index >= 15 is 0 Å². The average Bonchev–Trinajstić information content (AvgIpc) is 2.84. The van der Waals surface area contributed by atoms with Gasteiger partial charge in [0.2, 0.25) is 0 Å². The van der Waals surface area contributed by atoms with Gasteiger partial charge in [-0.2, -0.15) is 0 Å². The number of aliphatic hydroxyl groups excluding tert-OH is 1. The highest BCUT2D eigenvalue weighted by Crippen LogP contribution is 2.32. The molecule has 0 bridgehead atoms. The van der Waals surface area contributed by atoms with Crippen molar-refractivity contribution >= 4 is 22.6 Å². The van der Waals surface area contributed by atoms with Gasteiger partial charge < -0.3 is 30.8 Å². The van der Waals surface area contributed by atoms with Gasteiger partial charge in [0.15, 0.2) is 18.2 Å². The van der Waals surface area contributed by atoms with Crippen LogP contribution in [0, 0.1) is 11.2 Å². The van der Waals surface area contributed by atoms with Crippen LogP contribution in [0.4, 0.5) is 10.2 Å². The van der Waals surface area contributed by atoms with Crippen LogP contribution in [-0.2, 0) is 17.8 Å². The van der Waals surface area contributed by atoms with Crippen molar-refractivity contribution in [1.29, 1.82) is 0 Å². The molecule has 3 aromatic rings. The molecule has 1 aromatic carbocycles. The molecule has 1 amide bonds.